The first-order valence-corrected chi connectivity index (χ1v) is 13.8. The van der Waals surface area contributed by atoms with E-state index in [4.69, 9.17) is 14.2 Å². The highest BCUT2D eigenvalue weighted by atomic mass is 16.6. The second-order valence-electron chi connectivity index (χ2n) is 11.0. The average Bonchev–Trinajstić information content (AvgIpc) is 2.87. The lowest BCUT2D eigenvalue weighted by molar-refractivity contribution is -0.157. The number of hydrogen-bond donors (Lipinski definition) is 2. The van der Waals surface area contributed by atoms with Crippen LogP contribution in [0.15, 0.2) is 60.2 Å². The van der Waals surface area contributed by atoms with E-state index in [-0.39, 0.29) is 25.2 Å². The Bertz CT molecular complexity index is 1010. The Hall–Kier alpha value is -2.74. The molecule has 1 heterocycles. The maximum absolute atomic E-state index is 12.6. The molecule has 0 aromatic heterocycles. The first-order chi connectivity index (χ1) is 18.4. The Morgan fingerprint density at radius 1 is 1.21 bits per heavy atom. The Morgan fingerprint density at radius 2 is 1.87 bits per heavy atom. The minimum absolute atomic E-state index is 0.155. The van der Waals surface area contributed by atoms with Gasteiger partial charge in [-0.1, -0.05) is 62.4 Å². The molecule has 0 saturated heterocycles. The van der Waals surface area contributed by atoms with E-state index < -0.39 is 35.9 Å². The first-order valence-electron chi connectivity index (χ1n) is 13.8. The molecule has 0 spiro atoms. The zero-order chi connectivity index (χ0) is 29.0. The van der Waals surface area contributed by atoms with Crippen LogP contribution < -0.4 is 0 Å². The number of carbonyl (C=O) groups excluding carboxylic acids is 2. The van der Waals surface area contributed by atoms with Crippen LogP contribution in [0.1, 0.15) is 71.4 Å². The molecule has 2 rings (SSSR count). The third kappa shape index (κ3) is 11.5. The van der Waals surface area contributed by atoms with Gasteiger partial charge in [-0.15, -0.1) is 0 Å². The van der Waals surface area contributed by atoms with E-state index in [1.165, 1.54) is 12.5 Å². The number of esters is 2. The van der Waals surface area contributed by atoms with Crippen LogP contribution in [-0.4, -0.2) is 53.2 Å². The van der Waals surface area contributed by atoms with Gasteiger partial charge in [0, 0.05) is 20.0 Å². The third-order valence-corrected chi connectivity index (χ3v) is 7.09. The van der Waals surface area contributed by atoms with Crippen molar-refractivity contribution in [2.24, 2.45) is 11.8 Å². The van der Waals surface area contributed by atoms with E-state index in [1.807, 2.05) is 26.0 Å². The normalized spacial score (nSPS) is 28.7. The predicted molar refractivity (Wildman–Crippen MR) is 152 cm³/mol. The summed E-state index contributed by atoms with van der Waals surface area (Å²) < 4.78 is 16.3. The van der Waals surface area contributed by atoms with Crippen LogP contribution in [0.3, 0.4) is 0 Å². The number of rotatable bonds is 9. The summed E-state index contributed by atoms with van der Waals surface area (Å²) in [6.45, 7) is 9.45. The second kappa shape index (κ2) is 15.8. The van der Waals surface area contributed by atoms with Crippen LogP contribution in [0.4, 0.5) is 0 Å². The minimum Gasteiger partial charge on any atom is -0.457 e. The largest absolute Gasteiger partial charge is 0.457 e. The summed E-state index contributed by atoms with van der Waals surface area (Å²) in [5.74, 6) is -0.911. The van der Waals surface area contributed by atoms with Gasteiger partial charge in [-0.3, -0.25) is 9.59 Å². The molecule has 1 unspecified atom stereocenters. The number of allylic oxidation sites excluding steroid dienone is 3. The molecule has 6 atom stereocenters. The monoisotopic (exact) mass is 542 g/mol. The molecule has 216 valence electrons. The fraction of sp³-hybridized carbons (Fsp3) is 0.562. The van der Waals surface area contributed by atoms with Gasteiger partial charge in [-0.2, -0.15) is 0 Å². The fourth-order valence-corrected chi connectivity index (χ4v) is 4.58. The third-order valence-electron chi connectivity index (χ3n) is 7.09. The molecule has 1 aromatic rings. The van der Waals surface area contributed by atoms with Gasteiger partial charge in [0.1, 0.15) is 17.8 Å². The molecule has 0 saturated carbocycles. The van der Waals surface area contributed by atoms with E-state index >= 15 is 0 Å². The van der Waals surface area contributed by atoms with Crippen LogP contribution in [-0.2, 0) is 36.8 Å². The second-order valence-corrected chi connectivity index (χ2v) is 11.0. The smallest absolute Gasteiger partial charge is 0.309 e. The molecular weight excluding hydrogens is 496 g/mol. The number of ether oxygens (including phenoxy) is 3. The van der Waals surface area contributed by atoms with Crippen LogP contribution in [0.25, 0.3) is 0 Å². The Kier molecular flexibility index (Phi) is 13.1. The van der Waals surface area contributed by atoms with Crippen molar-refractivity contribution in [3.05, 3.63) is 71.3 Å². The molecule has 1 aliphatic heterocycles. The number of aliphatic hydroxyl groups excluding tert-OH is 1. The summed E-state index contributed by atoms with van der Waals surface area (Å²) in [5.41, 5.74) is 1.90. The Balaban J connectivity index is 2.12. The summed E-state index contributed by atoms with van der Waals surface area (Å²) in [5, 5.41) is 21.3. The summed E-state index contributed by atoms with van der Waals surface area (Å²) in [7, 11) is 1.69. The molecule has 39 heavy (non-hydrogen) atoms. The molecule has 2 N–H and O–H groups in total. The van der Waals surface area contributed by atoms with Gasteiger partial charge in [0.2, 0.25) is 0 Å². The van der Waals surface area contributed by atoms with Crippen LogP contribution in [0.5, 0.6) is 0 Å². The van der Waals surface area contributed by atoms with Crippen molar-refractivity contribution in [3.63, 3.8) is 0 Å². The highest BCUT2D eigenvalue weighted by Gasteiger charge is 2.35. The summed E-state index contributed by atoms with van der Waals surface area (Å²) >= 11 is 0. The molecule has 7 heteroatoms. The highest BCUT2D eigenvalue weighted by Crippen LogP contribution is 2.27. The topological polar surface area (TPSA) is 102 Å². The van der Waals surface area contributed by atoms with E-state index in [0.717, 1.165) is 24.0 Å². The quantitative estimate of drug-likeness (QED) is 0.250. The lowest BCUT2D eigenvalue weighted by Gasteiger charge is -2.32. The van der Waals surface area contributed by atoms with E-state index in [9.17, 15) is 19.8 Å². The molecule has 1 aromatic carbocycles. The maximum Gasteiger partial charge on any atom is 0.309 e. The van der Waals surface area contributed by atoms with Crippen molar-refractivity contribution in [2.45, 2.75) is 97.2 Å². The molecular formula is C32H46O7. The van der Waals surface area contributed by atoms with Crippen LogP contribution >= 0.6 is 0 Å². The summed E-state index contributed by atoms with van der Waals surface area (Å²) in [6.07, 6.45) is 9.21. The van der Waals surface area contributed by atoms with Crippen LogP contribution in [0.2, 0.25) is 0 Å². The van der Waals surface area contributed by atoms with Crippen molar-refractivity contribution in [2.75, 3.05) is 7.11 Å². The van der Waals surface area contributed by atoms with Crippen molar-refractivity contribution < 1.29 is 34.0 Å². The van der Waals surface area contributed by atoms with Gasteiger partial charge in [-0.05, 0) is 68.2 Å². The Labute approximate surface area is 233 Å². The van der Waals surface area contributed by atoms with E-state index in [2.05, 4.69) is 37.3 Å². The summed E-state index contributed by atoms with van der Waals surface area (Å²) in [6, 6.07) is 8.48. The molecule has 0 fully saturated rings. The van der Waals surface area contributed by atoms with E-state index in [1.54, 1.807) is 26.2 Å². The minimum atomic E-state index is -1.39. The van der Waals surface area contributed by atoms with Crippen molar-refractivity contribution >= 4 is 11.9 Å². The van der Waals surface area contributed by atoms with E-state index in [0.29, 0.717) is 12.5 Å². The van der Waals surface area contributed by atoms with Crippen molar-refractivity contribution in [1.82, 2.24) is 0 Å². The van der Waals surface area contributed by atoms with Gasteiger partial charge >= 0.3 is 11.9 Å². The lowest BCUT2D eigenvalue weighted by atomic mass is 9.88. The van der Waals surface area contributed by atoms with Gasteiger partial charge < -0.3 is 24.4 Å². The standard InChI is InChI=1S/C32H46O7/c1-22(10-12-26-13-15-27(16-14-26)21-37-6)8-7-9-23(2)31-24(3)11-17-29(38-25(4)33)32(5,36)19-18-28(34)20-30(35)39-31/h7-9,11,13-17,22,24,28-29,31,34,36H,10,12,18-21H2,1-6H3/b8-7+,17-11+,23-9+/t22?,24-,28-,29-,31+,32-/m0/s1. The van der Waals surface area contributed by atoms with Gasteiger partial charge in [-0.25, -0.2) is 0 Å². The SMILES string of the molecule is COCc1ccc(CCC(C)/C=C/C=C(\C)[C@H]2OC(=O)C[C@@H](O)CC[C@](C)(O)[C@@H](OC(C)=O)/C=C/[C@@H]2C)cc1. The number of aliphatic hydroxyl groups is 2. The molecule has 0 radical (unpaired) electrons. The van der Waals surface area contributed by atoms with Crippen molar-refractivity contribution in [3.8, 4) is 0 Å². The molecule has 0 aliphatic carbocycles. The number of benzene rings is 1. The average molecular weight is 543 g/mol. The van der Waals surface area contributed by atoms with Crippen LogP contribution in [0, 0.1) is 11.8 Å². The summed E-state index contributed by atoms with van der Waals surface area (Å²) in [4.78, 5) is 24.3. The number of aryl methyl sites for hydroxylation is 1. The van der Waals surface area contributed by atoms with Gasteiger partial charge in [0.05, 0.1) is 19.1 Å². The zero-order valence-corrected chi connectivity index (χ0v) is 24.3. The van der Waals surface area contributed by atoms with Gasteiger partial charge in [0.15, 0.2) is 0 Å². The molecule has 0 amide bonds. The maximum atomic E-state index is 12.6. The zero-order valence-electron chi connectivity index (χ0n) is 24.3. The highest BCUT2D eigenvalue weighted by molar-refractivity contribution is 5.70. The Morgan fingerprint density at radius 3 is 2.51 bits per heavy atom. The molecule has 1 aliphatic rings. The number of carbonyl (C=O) groups is 2. The predicted octanol–water partition coefficient (Wildman–Crippen LogP) is 5.24. The number of cyclic esters (lactones) is 1. The number of methoxy groups -OCH3 is 1. The van der Waals surface area contributed by atoms with Crippen molar-refractivity contribution in [1.29, 1.82) is 0 Å². The molecule has 7 nitrogen and oxygen atoms in total. The molecule has 0 bridgehead atoms. The lowest BCUT2D eigenvalue weighted by Crippen LogP contribution is -2.42. The van der Waals surface area contributed by atoms with Gasteiger partial charge in [0.25, 0.3) is 0 Å². The first kappa shape index (κ1) is 32.5. The number of hydrogen-bond acceptors (Lipinski definition) is 7. The fourth-order valence-electron chi connectivity index (χ4n) is 4.58.